The summed E-state index contributed by atoms with van der Waals surface area (Å²) in [6.07, 6.45) is 9.24. The van der Waals surface area contributed by atoms with Crippen molar-refractivity contribution in [3.63, 3.8) is 0 Å². The van der Waals surface area contributed by atoms with Gasteiger partial charge in [-0.05, 0) is 18.9 Å². The Hall–Kier alpha value is -1.76. The number of nitrogens with two attached hydrogens (primary N) is 1. The van der Waals surface area contributed by atoms with E-state index in [1.54, 1.807) is 12.3 Å². The van der Waals surface area contributed by atoms with E-state index in [0.29, 0.717) is 17.3 Å². The zero-order valence-electron chi connectivity index (χ0n) is 10.9. The Morgan fingerprint density at radius 3 is 2.56 bits per heavy atom. The van der Waals surface area contributed by atoms with Gasteiger partial charge < -0.3 is 10.6 Å². The Labute approximate surface area is 108 Å². The minimum absolute atomic E-state index is 0.519. The van der Waals surface area contributed by atoms with Gasteiger partial charge in [0, 0.05) is 19.3 Å². The van der Waals surface area contributed by atoms with Gasteiger partial charge in [0.2, 0.25) is 0 Å². The molecule has 0 saturated heterocycles. The second-order valence-corrected chi connectivity index (χ2v) is 5.00. The molecule has 2 N–H and O–H groups in total. The Morgan fingerprint density at radius 2 is 2.00 bits per heavy atom. The fraction of sp³-hybridized carbons (Fsp3) is 0.571. The first-order valence-electron chi connectivity index (χ1n) is 6.61. The van der Waals surface area contributed by atoms with Crippen molar-refractivity contribution in [2.75, 3.05) is 17.7 Å². The lowest BCUT2D eigenvalue weighted by molar-refractivity contribution is 0.550. The van der Waals surface area contributed by atoms with Crippen molar-refractivity contribution in [1.82, 2.24) is 4.98 Å². The highest BCUT2D eigenvalue weighted by Gasteiger charge is 2.19. The Kier molecular flexibility index (Phi) is 4.03. The second kappa shape index (κ2) is 5.72. The molecule has 18 heavy (non-hydrogen) atoms. The standard InChI is InChI=1S/C14H20N4/c1-18(12-6-4-2-3-5-7-12)14-13(16)8-11(9-15)10-17-14/h8,10,12H,2-7,16H2,1H3. The van der Waals surface area contributed by atoms with Crippen molar-refractivity contribution in [3.8, 4) is 6.07 Å². The molecule has 0 atom stereocenters. The van der Waals surface area contributed by atoms with Crippen LogP contribution in [-0.4, -0.2) is 18.1 Å². The van der Waals surface area contributed by atoms with Crippen LogP contribution >= 0.6 is 0 Å². The molecule has 0 aromatic carbocycles. The van der Waals surface area contributed by atoms with Crippen LogP contribution in [0.4, 0.5) is 11.5 Å². The predicted molar refractivity (Wildman–Crippen MR) is 73.3 cm³/mol. The molecule has 2 rings (SSSR count). The van der Waals surface area contributed by atoms with Crippen LogP contribution in [0.3, 0.4) is 0 Å². The first-order valence-corrected chi connectivity index (χ1v) is 6.61. The molecule has 96 valence electrons. The number of aromatic nitrogens is 1. The van der Waals surface area contributed by atoms with Crippen LogP contribution in [0, 0.1) is 11.3 Å². The summed E-state index contributed by atoms with van der Waals surface area (Å²) in [6.45, 7) is 0. The van der Waals surface area contributed by atoms with E-state index in [9.17, 15) is 0 Å². The highest BCUT2D eigenvalue weighted by molar-refractivity contribution is 5.64. The van der Waals surface area contributed by atoms with Crippen LogP contribution in [0.15, 0.2) is 12.3 Å². The monoisotopic (exact) mass is 244 g/mol. The van der Waals surface area contributed by atoms with Crippen LogP contribution in [0.1, 0.15) is 44.1 Å². The van der Waals surface area contributed by atoms with Crippen LogP contribution < -0.4 is 10.6 Å². The van der Waals surface area contributed by atoms with Gasteiger partial charge in [0.15, 0.2) is 5.82 Å². The molecule has 1 aliphatic carbocycles. The van der Waals surface area contributed by atoms with Crippen molar-refractivity contribution in [3.05, 3.63) is 17.8 Å². The van der Waals surface area contributed by atoms with Crippen molar-refractivity contribution in [2.24, 2.45) is 0 Å². The number of nitrogens with zero attached hydrogens (tertiary/aromatic N) is 3. The minimum Gasteiger partial charge on any atom is -0.396 e. The van der Waals surface area contributed by atoms with Gasteiger partial charge in [-0.3, -0.25) is 0 Å². The van der Waals surface area contributed by atoms with Crippen LogP contribution in [-0.2, 0) is 0 Å². The zero-order valence-corrected chi connectivity index (χ0v) is 10.9. The molecule has 1 aromatic rings. The molecule has 1 fully saturated rings. The summed E-state index contributed by atoms with van der Waals surface area (Å²) in [5, 5.41) is 8.82. The number of nitrogen functional groups attached to an aromatic ring is 1. The molecule has 0 aliphatic heterocycles. The summed E-state index contributed by atoms with van der Waals surface area (Å²) in [5.41, 5.74) is 7.11. The maximum absolute atomic E-state index is 8.82. The van der Waals surface area contributed by atoms with Gasteiger partial charge in [0.05, 0.1) is 11.3 Å². The number of anilines is 2. The summed E-state index contributed by atoms with van der Waals surface area (Å²) in [5.74, 6) is 0.806. The van der Waals surface area contributed by atoms with Gasteiger partial charge in [0.1, 0.15) is 6.07 Å². The van der Waals surface area contributed by atoms with Gasteiger partial charge in [0.25, 0.3) is 0 Å². The summed E-state index contributed by atoms with van der Waals surface area (Å²) in [7, 11) is 2.06. The fourth-order valence-electron chi connectivity index (χ4n) is 2.65. The predicted octanol–water partition coefficient (Wildman–Crippen LogP) is 2.69. The normalized spacial score (nSPS) is 16.9. The smallest absolute Gasteiger partial charge is 0.151 e. The molecule has 0 radical (unpaired) electrons. The van der Waals surface area contributed by atoms with E-state index in [2.05, 4.69) is 23.0 Å². The van der Waals surface area contributed by atoms with E-state index in [4.69, 9.17) is 11.0 Å². The average Bonchev–Trinajstić information content (AvgIpc) is 2.66. The highest BCUT2D eigenvalue weighted by atomic mass is 15.2. The number of hydrogen-bond acceptors (Lipinski definition) is 4. The average molecular weight is 244 g/mol. The lowest BCUT2D eigenvalue weighted by atomic mass is 10.1. The van der Waals surface area contributed by atoms with E-state index in [-0.39, 0.29) is 0 Å². The Balaban J connectivity index is 2.17. The minimum atomic E-state index is 0.519. The third-order valence-corrected chi connectivity index (χ3v) is 3.73. The quantitative estimate of drug-likeness (QED) is 0.812. The van der Waals surface area contributed by atoms with E-state index < -0.39 is 0 Å². The SMILES string of the molecule is CN(c1ncc(C#N)cc1N)C1CCCCCC1. The van der Waals surface area contributed by atoms with E-state index in [1.165, 1.54) is 38.5 Å². The van der Waals surface area contributed by atoms with Gasteiger partial charge in [-0.15, -0.1) is 0 Å². The number of hydrogen-bond donors (Lipinski definition) is 1. The first-order chi connectivity index (χ1) is 8.72. The van der Waals surface area contributed by atoms with E-state index in [1.807, 2.05) is 0 Å². The molecule has 1 saturated carbocycles. The molecule has 1 aliphatic rings. The van der Waals surface area contributed by atoms with Gasteiger partial charge in [-0.2, -0.15) is 5.26 Å². The highest BCUT2D eigenvalue weighted by Crippen LogP contribution is 2.27. The molecule has 0 bridgehead atoms. The molecule has 4 nitrogen and oxygen atoms in total. The van der Waals surface area contributed by atoms with Crippen molar-refractivity contribution < 1.29 is 0 Å². The maximum Gasteiger partial charge on any atom is 0.151 e. The van der Waals surface area contributed by atoms with Crippen LogP contribution in [0.25, 0.3) is 0 Å². The Bertz CT molecular complexity index is 442. The summed E-state index contributed by atoms with van der Waals surface area (Å²) in [4.78, 5) is 6.52. The molecule has 0 unspecified atom stereocenters. The molecule has 1 heterocycles. The topological polar surface area (TPSA) is 65.9 Å². The molecular formula is C14H20N4. The maximum atomic E-state index is 8.82. The summed E-state index contributed by atoms with van der Waals surface area (Å²) < 4.78 is 0. The first kappa shape index (κ1) is 12.7. The largest absolute Gasteiger partial charge is 0.396 e. The van der Waals surface area contributed by atoms with E-state index in [0.717, 1.165) is 5.82 Å². The Morgan fingerprint density at radius 1 is 1.33 bits per heavy atom. The van der Waals surface area contributed by atoms with E-state index >= 15 is 0 Å². The lowest BCUT2D eigenvalue weighted by Gasteiger charge is -2.29. The third-order valence-electron chi connectivity index (χ3n) is 3.73. The fourth-order valence-corrected chi connectivity index (χ4v) is 2.65. The summed E-state index contributed by atoms with van der Waals surface area (Å²) >= 11 is 0. The van der Waals surface area contributed by atoms with Crippen molar-refractivity contribution in [2.45, 2.75) is 44.6 Å². The number of nitriles is 1. The zero-order chi connectivity index (χ0) is 13.0. The second-order valence-electron chi connectivity index (χ2n) is 5.00. The molecule has 0 spiro atoms. The molecule has 4 heteroatoms. The lowest BCUT2D eigenvalue weighted by Crippen LogP contribution is -2.32. The van der Waals surface area contributed by atoms with Crippen LogP contribution in [0.2, 0.25) is 0 Å². The van der Waals surface area contributed by atoms with Crippen molar-refractivity contribution in [1.29, 1.82) is 5.26 Å². The molecule has 0 amide bonds. The van der Waals surface area contributed by atoms with Crippen molar-refractivity contribution >= 4 is 11.5 Å². The summed E-state index contributed by atoms with van der Waals surface area (Å²) in [6, 6.07) is 4.29. The molecule has 1 aromatic heterocycles. The molecular weight excluding hydrogens is 224 g/mol. The van der Waals surface area contributed by atoms with Crippen LogP contribution in [0.5, 0.6) is 0 Å². The third kappa shape index (κ3) is 2.73. The number of rotatable bonds is 2. The van der Waals surface area contributed by atoms with Gasteiger partial charge in [-0.25, -0.2) is 4.98 Å². The van der Waals surface area contributed by atoms with Gasteiger partial charge >= 0.3 is 0 Å². The number of pyridine rings is 1. The van der Waals surface area contributed by atoms with Gasteiger partial charge in [-0.1, -0.05) is 25.7 Å².